The molecule has 0 saturated carbocycles. The quantitative estimate of drug-likeness (QED) is 0.643. The Labute approximate surface area is 133 Å². The van der Waals surface area contributed by atoms with E-state index in [2.05, 4.69) is 26.3 Å². The number of hydrazine groups is 1. The predicted molar refractivity (Wildman–Crippen MR) is 83.5 cm³/mol. The van der Waals surface area contributed by atoms with E-state index < -0.39 is 0 Å². The summed E-state index contributed by atoms with van der Waals surface area (Å²) in [6.07, 6.45) is 5.77. The Morgan fingerprint density at radius 2 is 2.19 bits per heavy atom. The second-order valence-electron chi connectivity index (χ2n) is 5.91. The van der Waals surface area contributed by atoms with Crippen molar-refractivity contribution < 1.29 is 9.47 Å². The van der Waals surface area contributed by atoms with Gasteiger partial charge in [0.15, 0.2) is 0 Å². The molecule has 1 aromatic rings. The minimum atomic E-state index is -0.0302. The molecule has 116 valence electrons. The van der Waals surface area contributed by atoms with Crippen LogP contribution in [0.2, 0.25) is 0 Å². The fourth-order valence-electron chi connectivity index (χ4n) is 3.51. The number of halogens is 1. The molecule has 6 heteroatoms. The molecule has 3 rings (SSSR count). The number of ether oxygens (including phenoxy) is 2. The van der Waals surface area contributed by atoms with Crippen LogP contribution >= 0.6 is 15.9 Å². The zero-order valence-corrected chi connectivity index (χ0v) is 13.6. The van der Waals surface area contributed by atoms with Crippen LogP contribution in [0.4, 0.5) is 0 Å². The molecule has 2 unspecified atom stereocenters. The maximum Gasteiger partial charge on any atom is 0.0731 e. The monoisotopic (exact) mass is 355 g/mol. The Hall–Kier alpha value is -0.530. The molecule has 21 heavy (non-hydrogen) atoms. The highest BCUT2D eigenvalue weighted by Gasteiger charge is 2.42. The lowest BCUT2D eigenvalue weighted by atomic mass is 9.77. The van der Waals surface area contributed by atoms with Crippen molar-refractivity contribution in [1.82, 2.24) is 10.4 Å². The van der Waals surface area contributed by atoms with E-state index in [4.69, 9.17) is 15.3 Å². The van der Waals surface area contributed by atoms with Gasteiger partial charge in [-0.1, -0.05) is 0 Å². The maximum atomic E-state index is 6.12. The highest BCUT2D eigenvalue weighted by atomic mass is 79.9. The lowest BCUT2D eigenvalue weighted by Gasteiger charge is -2.45. The Morgan fingerprint density at radius 3 is 2.90 bits per heavy atom. The summed E-state index contributed by atoms with van der Waals surface area (Å²) in [5.41, 5.74) is 3.92. The summed E-state index contributed by atoms with van der Waals surface area (Å²) in [4.78, 5) is 4.50. The molecule has 3 N–H and O–H groups in total. The highest BCUT2D eigenvalue weighted by Crippen LogP contribution is 2.42. The van der Waals surface area contributed by atoms with Gasteiger partial charge in [0.05, 0.1) is 17.3 Å². The van der Waals surface area contributed by atoms with Gasteiger partial charge >= 0.3 is 0 Å². The summed E-state index contributed by atoms with van der Waals surface area (Å²) >= 11 is 3.58. The molecule has 1 spiro atoms. The van der Waals surface area contributed by atoms with E-state index in [1.54, 1.807) is 0 Å². The van der Waals surface area contributed by atoms with Gasteiger partial charge in [-0.15, -0.1) is 0 Å². The van der Waals surface area contributed by atoms with E-state index in [0.29, 0.717) is 5.92 Å². The minimum Gasteiger partial charge on any atom is -0.381 e. The summed E-state index contributed by atoms with van der Waals surface area (Å²) in [5, 5.41) is 0. The van der Waals surface area contributed by atoms with Crippen LogP contribution < -0.4 is 11.3 Å². The van der Waals surface area contributed by atoms with Crippen molar-refractivity contribution >= 4 is 15.9 Å². The fourth-order valence-corrected chi connectivity index (χ4v) is 4.01. The molecule has 2 atom stereocenters. The van der Waals surface area contributed by atoms with E-state index in [1.807, 2.05) is 18.3 Å². The number of nitrogens with two attached hydrogens (primary N) is 1. The number of hydrogen-bond donors (Lipinski definition) is 2. The van der Waals surface area contributed by atoms with Crippen LogP contribution in [0.3, 0.4) is 0 Å². The maximum absolute atomic E-state index is 6.12. The largest absolute Gasteiger partial charge is 0.381 e. The van der Waals surface area contributed by atoms with Gasteiger partial charge in [-0.2, -0.15) is 0 Å². The first-order chi connectivity index (χ1) is 10.2. The number of nitrogens with one attached hydrogen (secondary N) is 1. The first kappa shape index (κ1) is 15.4. The average Bonchev–Trinajstić information content (AvgIpc) is 2.51. The molecule has 2 aliphatic rings. The summed E-state index contributed by atoms with van der Waals surface area (Å²) in [7, 11) is 0. The molecule has 2 aliphatic heterocycles. The number of nitrogens with zero attached hydrogens (tertiary/aromatic N) is 1. The first-order valence-corrected chi connectivity index (χ1v) is 8.32. The van der Waals surface area contributed by atoms with Crippen LogP contribution in [-0.4, -0.2) is 30.4 Å². The zero-order chi connectivity index (χ0) is 14.7. The second kappa shape index (κ2) is 6.71. The molecule has 2 saturated heterocycles. The van der Waals surface area contributed by atoms with Crippen molar-refractivity contribution in [3.63, 3.8) is 0 Å². The van der Waals surface area contributed by atoms with E-state index in [-0.39, 0.29) is 11.6 Å². The number of aromatic nitrogens is 1. The molecule has 5 nitrogen and oxygen atoms in total. The van der Waals surface area contributed by atoms with Crippen LogP contribution in [-0.2, 0) is 9.47 Å². The Kier molecular flexibility index (Phi) is 4.91. The van der Waals surface area contributed by atoms with Crippen molar-refractivity contribution in [3.8, 4) is 0 Å². The Bertz CT molecular complexity index is 474. The second-order valence-corrected chi connectivity index (χ2v) is 6.77. The van der Waals surface area contributed by atoms with Gasteiger partial charge in [-0.3, -0.25) is 16.3 Å². The van der Waals surface area contributed by atoms with Crippen LogP contribution in [0.1, 0.15) is 37.4 Å². The predicted octanol–water partition coefficient (Wildman–Crippen LogP) is 2.32. The molecule has 0 bridgehead atoms. The number of pyridine rings is 1. The smallest absolute Gasteiger partial charge is 0.0731 e. The molecule has 0 aromatic carbocycles. The van der Waals surface area contributed by atoms with Gasteiger partial charge < -0.3 is 9.47 Å². The summed E-state index contributed by atoms with van der Waals surface area (Å²) in [5.74, 6) is 6.27. The van der Waals surface area contributed by atoms with Crippen LogP contribution in [0, 0.1) is 5.92 Å². The van der Waals surface area contributed by atoms with Crippen molar-refractivity contribution in [2.75, 3.05) is 19.8 Å². The van der Waals surface area contributed by atoms with Gasteiger partial charge in [0.2, 0.25) is 0 Å². The van der Waals surface area contributed by atoms with E-state index >= 15 is 0 Å². The van der Waals surface area contributed by atoms with Gasteiger partial charge in [0.25, 0.3) is 0 Å². The zero-order valence-electron chi connectivity index (χ0n) is 12.1. The molecule has 3 heterocycles. The van der Waals surface area contributed by atoms with E-state index in [1.165, 1.54) is 0 Å². The third-order valence-electron chi connectivity index (χ3n) is 4.67. The Balaban J connectivity index is 1.79. The molecular weight excluding hydrogens is 334 g/mol. The van der Waals surface area contributed by atoms with Gasteiger partial charge in [0.1, 0.15) is 0 Å². The third kappa shape index (κ3) is 3.29. The van der Waals surface area contributed by atoms with Crippen molar-refractivity contribution in [2.24, 2.45) is 11.8 Å². The molecule has 0 amide bonds. The van der Waals surface area contributed by atoms with Gasteiger partial charge in [0, 0.05) is 30.5 Å². The summed E-state index contributed by atoms with van der Waals surface area (Å²) < 4.78 is 12.6. The van der Waals surface area contributed by atoms with E-state index in [9.17, 15) is 0 Å². The lowest BCUT2D eigenvalue weighted by Crippen LogP contribution is -2.48. The molecular formula is C15H22BrN3O2. The summed E-state index contributed by atoms with van der Waals surface area (Å²) in [6, 6.07) is 3.98. The van der Waals surface area contributed by atoms with Crippen molar-refractivity contribution in [1.29, 1.82) is 0 Å². The number of hydrogen-bond acceptors (Lipinski definition) is 5. The fraction of sp³-hybridized carbons (Fsp3) is 0.667. The van der Waals surface area contributed by atoms with Crippen LogP contribution in [0.15, 0.2) is 22.8 Å². The average molecular weight is 356 g/mol. The minimum absolute atomic E-state index is 0.0302. The standard InChI is InChI=1S/C15H22BrN3O2/c16-12-2-1-6-18-14(12)13(19-17)11-3-7-21-15(10-11)4-8-20-9-5-15/h1-2,6,11,13,19H,3-5,7-10,17H2. The van der Waals surface area contributed by atoms with Crippen LogP contribution in [0.25, 0.3) is 0 Å². The number of rotatable bonds is 3. The van der Waals surface area contributed by atoms with Crippen molar-refractivity contribution in [3.05, 3.63) is 28.5 Å². The lowest BCUT2D eigenvalue weighted by molar-refractivity contribution is -0.150. The molecule has 2 fully saturated rings. The van der Waals surface area contributed by atoms with E-state index in [0.717, 1.165) is 55.7 Å². The molecule has 1 aromatic heterocycles. The molecule has 0 aliphatic carbocycles. The summed E-state index contributed by atoms with van der Waals surface area (Å²) in [6.45, 7) is 2.37. The highest BCUT2D eigenvalue weighted by molar-refractivity contribution is 9.10. The van der Waals surface area contributed by atoms with Crippen molar-refractivity contribution in [2.45, 2.75) is 37.3 Å². The molecule has 0 radical (unpaired) electrons. The van der Waals surface area contributed by atoms with Crippen LogP contribution in [0.5, 0.6) is 0 Å². The topological polar surface area (TPSA) is 69.4 Å². The first-order valence-electron chi connectivity index (χ1n) is 7.52. The Morgan fingerprint density at radius 1 is 1.38 bits per heavy atom. The SMILES string of the molecule is NNC(c1ncccc1Br)C1CCOC2(CCOCC2)C1. The van der Waals surface area contributed by atoms with Gasteiger partial charge in [-0.05, 0) is 59.7 Å². The van der Waals surface area contributed by atoms with Gasteiger partial charge in [-0.25, -0.2) is 0 Å². The third-order valence-corrected chi connectivity index (χ3v) is 5.34. The normalized spacial score (nSPS) is 26.7.